The fraction of sp³-hybridized carbons (Fsp3) is 0.222. The Morgan fingerprint density at radius 3 is 2.50 bits per heavy atom. The van der Waals surface area contributed by atoms with Crippen LogP contribution < -0.4 is 4.74 Å². The summed E-state index contributed by atoms with van der Waals surface area (Å²) in [6.45, 7) is 3.86. The largest absolute Gasteiger partial charge is 0.507 e. The Balaban J connectivity index is 1.79. The number of methoxy groups -OCH3 is 1. The summed E-state index contributed by atoms with van der Waals surface area (Å²) in [5.41, 5.74) is 3.43. The molecule has 1 atom stereocenters. The molecule has 0 spiro atoms. The van der Waals surface area contributed by atoms with Crippen LogP contribution in [0.1, 0.15) is 33.9 Å². The van der Waals surface area contributed by atoms with E-state index >= 15 is 0 Å². The van der Waals surface area contributed by atoms with Gasteiger partial charge in [0.25, 0.3) is 11.7 Å². The van der Waals surface area contributed by atoms with Crippen molar-refractivity contribution >= 4 is 17.4 Å². The van der Waals surface area contributed by atoms with E-state index in [1.54, 1.807) is 62.8 Å². The van der Waals surface area contributed by atoms with E-state index in [1.807, 2.05) is 6.92 Å². The predicted octanol–water partition coefficient (Wildman–Crippen LogP) is 4.51. The molecule has 0 aliphatic carbocycles. The summed E-state index contributed by atoms with van der Waals surface area (Å²) in [6, 6.07) is 12.2. The molecule has 174 valence electrons. The van der Waals surface area contributed by atoms with Crippen molar-refractivity contribution in [2.75, 3.05) is 13.7 Å². The quantitative estimate of drug-likeness (QED) is 0.333. The maximum absolute atomic E-state index is 13.3. The van der Waals surface area contributed by atoms with Crippen LogP contribution in [0.5, 0.6) is 5.75 Å². The highest BCUT2D eigenvalue weighted by molar-refractivity contribution is 6.46. The maximum atomic E-state index is 13.3. The van der Waals surface area contributed by atoms with E-state index in [0.29, 0.717) is 28.9 Å². The zero-order chi connectivity index (χ0) is 24.4. The maximum Gasteiger partial charge on any atom is 0.295 e. The van der Waals surface area contributed by atoms with Crippen molar-refractivity contribution in [3.63, 3.8) is 0 Å². The standard InChI is InChI=1S/C27H25FN2O4/c1-16-14-22(34-3)17(2)13-21(16)25(31)23-24(19-5-4-11-29-15-19)30(27(33)26(23)32)12-10-18-6-8-20(28)9-7-18/h4-9,11,13-15,24,31H,10,12H2,1-3H3/b25-23+. The highest BCUT2D eigenvalue weighted by atomic mass is 19.1. The van der Waals surface area contributed by atoms with Crippen LogP contribution in [0, 0.1) is 19.7 Å². The number of ketones is 1. The molecule has 1 fully saturated rings. The Morgan fingerprint density at radius 2 is 1.85 bits per heavy atom. The van der Waals surface area contributed by atoms with Gasteiger partial charge in [0.05, 0.1) is 18.7 Å². The number of halogens is 1. The van der Waals surface area contributed by atoms with Crippen LogP contribution in [0.3, 0.4) is 0 Å². The lowest BCUT2D eigenvalue weighted by Crippen LogP contribution is -2.31. The predicted molar refractivity (Wildman–Crippen MR) is 126 cm³/mol. The van der Waals surface area contributed by atoms with Gasteiger partial charge in [-0.25, -0.2) is 4.39 Å². The summed E-state index contributed by atoms with van der Waals surface area (Å²) >= 11 is 0. The molecule has 1 unspecified atom stereocenters. The van der Waals surface area contributed by atoms with Gasteiger partial charge in [0.2, 0.25) is 0 Å². The highest BCUT2D eigenvalue weighted by Crippen LogP contribution is 2.40. The number of carbonyl (C=O) groups is 2. The number of pyridine rings is 1. The average Bonchev–Trinajstić information content (AvgIpc) is 3.10. The van der Waals surface area contributed by atoms with E-state index in [0.717, 1.165) is 11.1 Å². The highest BCUT2D eigenvalue weighted by Gasteiger charge is 2.46. The third-order valence-corrected chi connectivity index (χ3v) is 6.09. The first-order chi connectivity index (χ1) is 16.3. The molecule has 34 heavy (non-hydrogen) atoms. The zero-order valence-corrected chi connectivity index (χ0v) is 19.2. The van der Waals surface area contributed by atoms with E-state index < -0.39 is 17.7 Å². The number of hydrogen-bond acceptors (Lipinski definition) is 5. The summed E-state index contributed by atoms with van der Waals surface area (Å²) in [4.78, 5) is 31.9. The summed E-state index contributed by atoms with van der Waals surface area (Å²) in [5, 5.41) is 11.3. The van der Waals surface area contributed by atoms with E-state index in [2.05, 4.69) is 4.98 Å². The van der Waals surface area contributed by atoms with E-state index in [1.165, 1.54) is 17.0 Å². The average molecular weight is 461 g/mol. The Morgan fingerprint density at radius 1 is 1.12 bits per heavy atom. The van der Waals surface area contributed by atoms with Crippen molar-refractivity contribution in [3.8, 4) is 5.75 Å². The number of rotatable bonds is 6. The molecule has 1 N–H and O–H groups in total. The van der Waals surface area contributed by atoms with Crippen LogP contribution in [0.4, 0.5) is 4.39 Å². The number of aliphatic hydroxyl groups excluding tert-OH is 1. The molecule has 0 saturated carbocycles. The van der Waals surface area contributed by atoms with Gasteiger partial charge in [-0.15, -0.1) is 0 Å². The molecular formula is C27H25FN2O4. The summed E-state index contributed by atoms with van der Waals surface area (Å²) in [6.07, 6.45) is 3.61. The molecule has 1 aliphatic rings. The van der Waals surface area contributed by atoms with E-state index in [-0.39, 0.29) is 23.7 Å². The molecule has 2 heterocycles. The fourth-order valence-electron chi connectivity index (χ4n) is 4.31. The Hall–Kier alpha value is -4.00. The Kier molecular flexibility index (Phi) is 6.45. The number of aryl methyl sites for hydroxylation is 2. The number of nitrogens with zero attached hydrogens (tertiary/aromatic N) is 2. The third kappa shape index (κ3) is 4.29. The van der Waals surface area contributed by atoms with Gasteiger partial charge in [0.15, 0.2) is 0 Å². The van der Waals surface area contributed by atoms with Gasteiger partial charge in [-0.3, -0.25) is 14.6 Å². The number of hydrogen-bond donors (Lipinski definition) is 1. The molecule has 4 rings (SSSR count). The minimum Gasteiger partial charge on any atom is -0.507 e. The molecular weight excluding hydrogens is 435 g/mol. The number of aliphatic hydroxyl groups is 1. The SMILES string of the molecule is COc1cc(C)c(/C(O)=C2\C(=O)C(=O)N(CCc3ccc(F)cc3)C2c2cccnc2)cc1C. The number of amides is 1. The van der Waals surface area contributed by atoms with Gasteiger partial charge in [0.1, 0.15) is 17.3 Å². The minimum absolute atomic E-state index is 0.0183. The molecule has 0 bridgehead atoms. The molecule has 3 aromatic rings. The second-order valence-electron chi connectivity index (χ2n) is 8.29. The normalized spacial score (nSPS) is 17.3. The summed E-state index contributed by atoms with van der Waals surface area (Å²) in [5.74, 6) is -1.36. The lowest BCUT2D eigenvalue weighted by molar-refractivity contribution is -0.139. The molecule has 1 amide bonds. The molecule has 1 saturated heterocycles. The van der Waals surface area contributed by atoms with E-state index in [9.17, 15) is 19.1 Å². The Bertz CT molecular complexity index is 1270. The molecule has 7 heteroatoms. The van der Waals surface area contributed by atoms with Gasteiger partial charge in [0, 0.05) is 24.5 Å². The summed E-state index contributed by atoms with van der Waals surface area (Å²) < 4.78 is 18.6. The number of carbonyl (C=O) groups excluding carboxylic acids is 2. The van der Waals surface area contributed by atoms with Gasteiger partial charge in [-0.2, -0.15) is 0 Å². The molecule has 6 nitrogen and oxygen atoms in total. The third-order valence-electron chi connectivity index (χ3n) is 6.09. The lowest BCUT2D eigenvalue weighted by atomic mass is 9.93. The zero-order valence-electron chi connectivity index (χ0n) is 19.2. The molecule has 0 radical (unpaired) electrons. The van der Waals surface area contributed by atoms with Crippen LogP contribution in [0.15, 0.2) is 66.5 Å². The summed E-state index contributed by atoms with van der Waals surface area (Å²) in [7, 11) is 1.57. The van der Waals surface area contributed by atoms with Crippen LogP contribution in [-0.4, -0.2) is 40.3 Å². The first-order valence-electron chi connectivity index (χ1n) is 10.9. The first kappa shape index (κ1) is 23.2. The van der Waals surface area contributed by atoms with Crippen LogP contribution in [0.2, 0.25) is 0 Å². The van der Waals surface area contributed by atoms with Gasteiger partial charge >= 0.3 is 0 Å². The topological polar surface area (TPSA) is 79.7 Å². The van der Waals surface area contributed by atoms with E-state index in [4.69, 9.17) is 4.74 Å². The number of ether oxygens (including phenoxy) is 1. The Labute approximate surface area is 197 Å². The van der Waals surface area contributed by atoms with Crippen molar-refractivity contribution in [1.82, 2.24) is 9.88 Å². The monoisotopic (exact) mass is 460 g/mol. The first-order valence-corrected chi connectivity index (χ1v) is 10.9. The number of aromatic nitrogens is 1. The van der Waals surface area contributed by atoms with Crippen LogP contribution in [-0.2, 0) is 16.0 Å². The minimum atomic E-state index is -0.795. The fourth-order valence-corrected chi connectivity index (χ4v) is 4.31. The van der Waals surface area contributed by atoms with Crippen LogP contribution in [0.25, 0.3) is 5.76 Å². The van der Waals surface area contributed by atoms with Crippen molar-refractivity contribution in [2.24, 2.45) is 0 Å². The van der Waals surface area contributed by atoms with Gasteiger partial charge in [-0.05, 0) is 72.9 Å². The van der Waals surface area contributed by atoms with Gasteiger partial charge < -0.3 is 14.7 Å². The molecule has 1 aliphatic heterocycles. The van der Waals surface area contributed by atoms with Crippen molar-refractivity contribution in [3.05, 3.63) is 100 Å². The van der Waals surface area contributed by atoms with Crippen molar-refractivity contribution < 1.29 is 23.8 Å². The molecule has 1 aromatic heterocycles. The molecule has 2 aromatic carbocycles. The van der Waals surface area contributed by atoms with Crippen LogP contribution >= 0.6 is 0 Å². The van der Waals surface area contributed by atoms with Crippen molar-refractivity contribution in [2.45, 2.75) is 26.3 Å². The second-order valence-corrected chi connectivity index (χ2v) is 8.29. The number of likely N-dealkylation sites (tertiary alicyclic amines) is 1. The second kappa shape index (κ2) is 9.47. The smallest absolute Gasteiger partial charge is 0.295 e. The number of benzene rings is 2. The number of Topliss-reactive ketones (excluding diaryl/α,β-unsaturated/α-hetero) is 1. The van der Waals surface area contributed by atoms with Gasteiger partial charge in [-0.1, -0.05) is 18.2 Å². The van der Waals surface area contributed by atoms with Crippen molar-refractivity contribution in [1.29, 1.82) is 0 Å². The lowest BCUT2D eigenvalue weighted by Gasteiger charge is -2.25.